The zero-order valence-electron chi connectivity index (χ0n) is 11.5. The Labute approximate surface area is 113 Å². The lowest BCUT2D eigenvalue weighted by molar-refractivity contribution is 0.313. The molecule has 0 saturated carbocycles. The van der Waals surface area contributed by atoms with Crippen molar-refractivity contribution in [2.75, 3.05) is 32.1 Å². The Kier molecular flexibility index (Phi) is 4.37. The maximum atomic E-state index is 14.0. The van der Waals surface area contributed by atoms with Gasteiger partial charge in [0.2, 0.25) is 0 Å². The van der Waals surface area contributed by atoms with Gasteiger partial charge in [0.05, 0.1) is 5.69 Å². The van der Waals surface area contributed by atoms with E-state index in [-0.39, 0.29) is 12.1 Å². The Morgan fingerprint density at radius 2 is 2.11 bits per heavy atom. The third-order valence-corrected chi connectivity index (χ3v) is 3.93. The third kappa shape index (κ3) is 2.87. The number of hydrogen-bond acceptors (Lipinski definition) is 3. The van der Waals surface area contributed by atoms with Gasteiger partial charge in [0.25, 0.3) is 0 Å². The van der Waals surface area contributed by atoms with Gasteiger partial charge in [-0.3, -0.25) is 0 Å². The lowest BCUT2D eigenvalue weighted by atomic mass is 10.1. The summed E-state index contributed by atoms with van der Waals surface area (Å²) in [5, 5.41) is 0. The normalized spacial score (nSPS) is 19.9. The molecule has 1 unspecified atom stereocenters. The smallest absolute Gasteiger partial charge is 0.182 e. The van der Waals surface area contributed by atoms with Crippen molar-refractivity contribution in [3.8, 4) is 0 Å². The second-order valence-corrected chi connectivity index (χ2v) is 5.23. The van der Waals surface area contributed by atoms with Crippen LogP contribution in [0.1, 0.15) is 18.4 Å². The number of hydrogen-bond donors (Lipinski definition) is 1. The minimum absolute atomic E-state index is 0.0120. The maximum absolute atomic E-state index is 14.0. The van der Waals surface area contributed by atoms with E-state index < -0.39 is 11.6 Å². The van der Waals surface area contributed by atoms with Crippen LogP contribution in [0.25, 0.3) is 0 Å². The van der Waals surface area contributed by atoms with Gasteiger partial charge in [-0.15, -0.1) is 0 Å². The standard InChI is InChI=1S/C14H21F2N3/c1-18-7-3-4-11(18)9-19(2)12-6-5-10(8-17)13(15)14(12)16/h5-6,11H,3-4,7-9,17H2,1-2H3. The summed E-state index contributed by atoms with van der Waals surface area (Å²) in [4.78, 5) is 4.05. The monoisotopic (exact) mass is 269 g/mol. The summed E-state index contributed by atoms with van der Waals surface area (Å²) in [5.74, 6) is -1.63. The molecule has 1 aromatic carbocycles. The number of likely N-dealkylation sites (N-methyl/N-ethyl adjacent to an activating group) is 2. The van der Waals surface area contributed by atoms with Crippen molar-refractivity contribution < 1.29 is 8.78 Å². The first-order valence-electron chi connectivity index (χ1n) is 6.63. The van der Waals surface area contributed by atoms with Gasteiger partial charge in [0, 0.05) is 31.7 Å². The fourth-order valence-electron chi connectivity index (χ4n) is 2.66. The molecule has 0 aromatic heterocycles. The van der Waals surface area contributed by atoms with Crippen LogP contribution in [-0.4, -0.2) is 38.1 Å². The molecule has 2 N–H and O–H groups in total. The van der Waals surface area contributed by atoms with Crippen molar-refractivity contribution in [1.29, 1.82) is 0 Å². The summed E-state index contributed by atoms with van der Waals surface area (Å²) in [6.45, 7) is 1.79. The Morgan fingerprint density at radius 1 is 1.37 bits per heavy atom. The van der Waals surface area contributed by atoms with Gasteiger partial charge >= 0.3 is 0 Å². The van der Waals surface area contributed by atoms with E-state index in [2.05, 4.69) is 11.9 Å². The molecule has 1 aromatic rings. The molecule has 0 amide bonds. The molecule has 1 heterocycles. The Morgan fingerprint density at radius 3 is 2.68 bits per heavy atom. The lowest BCUT2D eigenvalue weighted by Gasteiger charge is -2.27. The molecule has 0 bridgehead atoms. The second kappa shape index (κ2) is 5.84. The van der Waals surface area contributed by atoms with Gasteiger partial charge < -0.3 is 15.5 Å². The molecule has 5 heteroatoms. The minimum Gasteiger partial charge on any atom is -0.371 e. The molecular weight excluding hydrogens is 248 g/mol. The number of nitrogens with zero attached hydrogens (tertiary/aromatic N) is 2. The Balaban J connectivity index is 2.15. The van der Waals surface area contributed by atoms with E-state index in [0.717, 1.165) is 19.4 Å². The molecule has 0 aliphatic carbocycles. The maximum Gasteiger partial charge on any atom is 0.182 e. The zero-order valence-corrected chi connectivity index (χ0v) is 11.5. The van der Waals surface area contributed by atoms with E-state index in [1.807, 2.05) is 0 Å². The molecule has 1 atom stereocenters. The van der Waals surface area contributed by atoms with Crippen LogP contribution in [0, 0.1) is 11.6 Å². The van der Waals surface area contributed by atoms with Gasteiger partial charge in [-0.25, -0.2) is 8.78 Å². The van der Waals surface area contributed by atoms with Crippen molar-refractivity contribution in [1.82, 2.24) is 4.90 Å². The number of likely N-dealkylation sites (tertiary alicyclic amines) is 1. The Hall–Kier alpha value is -1.20. The van der Waals surface area contributed by atoms with Gasteiger partial charge in [-0.05, 0) is 32.5 Å². The highest BCUT2D eigenvalue weighted by Gasteiger charge is 2.24. The molecular formula is C14H21F2N3. The average Bonchev–Trinajstić information content (AvgIpc) is 2.78. The first kappa shape index (κ1) is 14.2. The highest BCUT2D eigenvalue weighted by atomic mass is 19.2. The number of halogens is 2. The van der Waals surface area contributed by atoms with Gasteiger partial charge in [-0.1, -0.05) is 6.07 Å². The molecule has 3 nitrogen and oxygen atoms in total. The van der Waals surface area contributed by atoms with E-state index in [1.54, 1.807) is 24.1 Å². The van der Waals surface area contributed by atoms with Crippen molar-refractivity contribution in [3.63, 3.8) is 0 Å². The van der Waals surface area contributed by atoms with Crippen molar-refractivity contribution in [2.24, 2.45) is 5.73 Å². The van der Waals surface area contributed by atoms with Crippen LogP contribution in [0.4, 0.5) is 14.5 Å². The van der Waals surface area contributed by atoms with Crippen LogP contribution in [-0.2, 0) is 6.54 Å². The topological polar surface area (TPSA) is 32.5 Å². The van der Waals surface area contributed by atoms with Crippen LogP contribution in [0.3, 0.4) is 0 Å². The predicted octanol–water partition coefficient (Wildman–Crippen LogP) is 1.95. The number of benzene rings is 1. The van der Waals surface area contributed by atoms with E-state index in [4.69, 9.17) is 5.73 Å². The van der Waals surface area contributed by atoms with Gasteiger partial charge in [0.15, 0.2) is 11.6 Å². The first-order valence-corrected chi connectivity index (χ1v) is 6.63. The molecule has 0 spiro atoms. The number of rotatable bonds is 4. The fourth-order valence-corrected chi connectivity index (χ4v) is 2.66. The summed E-state index contributed by atoms with van der Waals surface area (Å²) < 4.78 is 27.7. The molecule has 1 saturated heterocycles. The van der Waals surface area contributed by atoms with Crippen LogP contribution >= 0.6 is 0 Å². The van der Waals surface area contributed by atoms with Crippen molar-refractivity contribution in [3.05, 3.63) is 29.3 Å². The number of anilines is 1. The SMILES string of the molecule is CN(CC1CCCN1C)c1ccc(CN)c(F)c1F. The first-order chi connectivity index (χ1) is 9.04. The second-order valence-electron chi connectivity index (χ2n) is 5.23. The summed E-state index contributed by atoms with van der Waals surface area (Å²) in [7, 11) is 3.87. The predicted molar refractivity (Wildman–Crippen MR) is 73.2 cm³/mol. The van der Waals surface area contributed by atoms with Crippen molar-refractivity contribution >= 4 is 5.69 Å². The Bertz CT molecular complexity index is 451. The average molecular weight is 269 g/mol. The summed E-state index contributed by atoms with van der Waals surface area (Å²) in [5.41, 5.74) is 5.89. The van der Waals surface area contributed by atoms with E-state index in [1.165, 1.54) is 0 Å². The molecule has 1 aliphatic heterocycles. The van der Waals surface area contributed by atoms with E-state index in [0.29, 0.717) is 18.3 Å². The lowest BCUT2D eigenvalue weighted by Crippen LogP contribution is -2.37. The van der Waals surface area contributed by atoms with Gasteiger partial charge in [-0.2, -0.15) is 0 Å². The van der Waals surface area contributed by atoms with Crippen molar-refractivity contribution in [2.45, 2.75) is 25.4 Å². The van der Waals surface area contributed by atoms with Crippen LogP contribution < -0.4 is 10.6 Å². The molecule has 19 heavy (non-hydrogen) atoms. The quantitative estimate of drug-likeness (QED) is 0.907. The van der Waals surface area contributed by atoms with E-state index in [9.17, 15) is 8.78 Å². The van der Waals surface area contributed by atoms with Crippen LogP contribution in [0.2, 0.25) is 0 Å². The largest absolute Gasteiger partial charge is 0.371 e. The van der Waals surface area contributed by atoms with Crippen LogP contribution in [0.15, 0.2) is 12.1 Å². The van der Waals surface area contributed by atoms with E-state index >= 15 is 0 Å². The highest BCUT2D eigenvalue weighted by molar-refractivity contribution is 5.49. The zero-order chi connectivity index (χ0) is 14.0. The van der Waals surface area contributed by atoms with Gasteiger partial charge in [0.1, 0.15) is 0 Å². The third-order valence-electron chi connectivity index (χ3n) is 3.93. The molecule has 1 fully saturated rings. The minimum atomic E-state index is -0.827. The number of nitrogens with two attached hydrogens (primary N) is 1. The fraction of sp³-hybridized carbons (Fsp3) is 0.571. The summed E-state index contributed by atoms with van der Waals surface area (Å²) >= 11 is 0. The molecule has 1 aliphatic rings. The molecule has 106 valence electrons. The molecule has 2 rings (SSSR count). The summed E-state index contributed by atoms with van der Waals surface area (Å²) in [6, 6.07) is 3.57. The van der Waals surface area contributed by atoms with Crippen LogP contribution in [0.5, 0.6) is 0 Å². The molecule has 0 radical (unpaired) electrons. The summed E-state index contributed by atoms with van der Waals surface area (Å²) in [6.07, 6.45) is 2.27. The highest BCUT2D eigenvalue weighted by Crippen LogP contribution is 2.25.